The molecule has 1 heterocycles. The topological polar surface area (TPSA) is 62.2 Å². The predicted molar refractivity (Wildman–Crippen MR) is 45.0 cm³/mol. The Morgan fingerprint density at radius 1 is 1.58 bits per heavy atom. The molecule has 0 fully saturated rings. The maximum Gasteiger partial charge on any atom is 0.325 e. The lowest BCUT2D eigenvalue weighted by atomic mass is 10.3. The number of aliphatic carboxylic acids is 1. The lowest BCUT2D eigenvalue weighted by Crippen LogP contribution is -2.25. The number of rotatable bonds is 3. The number of nitrogens with zero attached hydrogens (tertiary/aromatic N) is 1. The van der Waals surface area contributed by atoms with Gasteiger partial charge in [-0.2, -0.15) is 0 Å². The summed E-state index contributed by atoms with van der Waals surface area (Å²) in [5, 5.41) is 11.4. The molecule has 0 radical (unpaired) electrons. The molecule has 1 aromatic rings. The highest BCUT2D eigenvalue weighted by atomic mass is 16.4. The van der Waals surface area contributed by atoms with E-state index >= 15 is 0 Å². The average molecular weight is 166 g/mol. The van der Waals surface area contributed by atoms with Gasteiger partial charge in [0.05, 0.1) is 0 Å². The Morgan fingerprint density at radius 3 is 2.67 bits per heavy atom. The second kappa shape index (κ2) is 3.71. The van der Waals surface area contributed by atoms with Crippen LogP contribution in [0.3, 0.4) is 0 Å². The number of nitrogens with one attached hydrogen (secondary N) is 1. The molecule has 0 bridgehead atoms. The van der Waals surface area contributed by atoms with E-state index in [1.54, 1.807) is 31.5 Å². The minimum Gasteiger partial charge on any atom is -0.480 e. The van der Waals surface area contributed by atoms with E-state index in [1.807, 2.05) is 0 Å². The van der Waals surface area contributed by atoms with Gasteiger partial charge in [-0.05, 0) is 19.1 Å². The van der Waals surface area contributed by atoms with E-state index in [-0.39, 0.29) is 0 Å². The summed E-state index contributed by atoms with van der Waals surface area (Å²) in [5.74, 6) is -0.869. The van der Waals surface area contributed by atoms with Crippen LogP contribution in [0.1, 0.15) is 6.92 Å². The summed E-state index contributed by atoms with van der Waals surface area (Å²) in [7, 11) is 0. The number of hydrogen-bond donors (Lipinski definition) is 2. The van der Waals surface area contributed by atoms with Crippen LogP contribution in [-0.4, -0.2) is 22.1 Å². The molecule has 0 amide bonds. The molecule has 64 valence electrons. The molecule has 1 atom stereocenters. The fourth-order valence-corrected chi connectivity index (χ4v) is 0.760. The van der Waals surface area contributed by atoms with Crippen LogP contribution < -0.4 is 5.32 Å². The second-order valence-electron chi connectivity index (χ2n) is 2.44. The first-order valence-corrected chi connectivity index (χ1v) is 3.59. The van der Waals surface area contributed by atoms with Gasteiger partial charge in [-0.1, -0.05) is 0 Å². The molecule has 4 nitrogen and oxygen atoms in total. The zero-order valence-corrected chi connectivity index (χ0v) is 6.69. The summed E-state index contributed by atoms with van der Waals surface area (Å²) in [6, 6.07) is 2.87. The summed E-state index contributed by atoms with van der Waals surface area (Å²) in [5.41, 5.74) is 0.764. The molecule has 4 heteroatoms. The van der Waals surface area contributed by atoms with Gasteiger partial charge < -0.3 is 10.4 Å². The fraction of sp³-hybridized carbons (Fsp3) is 0.250. The molecule has 0 aromatic carbocycles. The lowest BCUT2D eigenvalue weighted by molar-refractivity contribution is -0.137. The van der Waals surface area contributed by atoms with Crippen molar-refractivity contribution in [3.05, 3.63) is 24.5 Å². The first kappa shape index (κ1) is 8.52. The first-order chi connectivity index (χ1) is 5.70. The molecule has 1 rings (SSSR count). The van der Waals surface area contributed by atoms with Gasteiger partial charge in [-0.3, -0.25) is 9.78 Å². The third-order valence-corrected chi connectivity index (χ3v) is 1.43. The van der Waals surface area contributed by atoms with Crippen LogP contribution >= 0.6 is 0 Å². The first-order valence-electron chi connectivity index (χ1n) is 3.59. The summed E-state index contributed by atoms with van der Waals surface area (Å²) in [6.45, 7) is 1.59. The largest absolute Gasteiger partial charge is 0.480 e. The fourth-order valence-electron chi connectivity index (χ4n) is 0.760. The van der Waals surface area contributed by atoms with Gasteiger partial charge in [0.2, 0.25) is 0 Å². The van der Waals surface area contributed by atoms with Gasteiger partial charge in [-0.15, -0.1) is 0 Å². The molecule has 0 aliphatic rings. The van der Waals surface area contributed by atoms with E-state index in [2.05, 4.69) is 10.3 Å². The number of anilines is 1. The SMILES string of the molecule is CC(Nc1ccncc1)C(=O)O. The number of carbonyl (C=O) groups is 1. The molecule has 0 saturated carbocycles. The Labute approximate surface area is 70.3 Å². The Bertz CT molecular complexity index is 261. The van der Waals surface area contributed by atoms with Crippen LogP contribution in [0.15, 0.2) is 24.5 Å². The van der Waals surface area contributed by atoms with E-state index in [4.69, 9.17) is 5.11 Å². The number of hydrogen-bond acceptors (Lipinski definition) is 3. The zero-order valence-electron chi connectivity index (χ0n) is 6.69. The summed E-state index contributed by atoms with van der Waals surface area (Å²) in [4.78, 5) is 14.2. The van der Waals surface area contributed by atoms with Gasteiger partial charge in [0.15, 0.2) is 0 Å². The molecular weight excluding hydrogens is 156 g/mol. The van der Waals surface area contributed by atoms with Crippen LogP contribution in [0.5, 0.6) is 0 Å². The number of carboxylic acid groups (broad SMARTS) is 1. The lowest BCUT2D eigenvalue weighted by Gasteiger charge is -2.09. The molecule has 0 saturated heterocycles. The summed E-state index contributed by atoms with van der Waals surface area (Å²) >= 11 is 0. The molecule has 1 aromatic heterocycles. The van der Waals surface area contributed by atoms with Gasteiger partial charge in [0, 0.05) is 18.1 Å². The number of aromatic nitrogens is 1. The molecule has 0 aliphatic heterocycles. The quantitative estimate of drug-likeness (QED) is 0.702. The van der Waals surface area contributed by atoms with Crippen molar-refractivity contribution in [2.24, 2.45) is 0 Å². The minimum absolute atomic E-state index is 0.576. The second-order valence-corrected chi connectivity index (χ2v) is 2.44. The molecule has 0 spiro atoms. The van der Waals surface area contributed by atoms with Crippen LogP contribution in [0.2, 0.25) is 0 Å². The third-order valence-electron chi connectivity index (χ3n) is 1.43. The smallest absolute Gasteiger partial charge is 0.325 e. The van der Waals surface area contributed by atoms with Crippen LogP contribution in [0.25, 0.3) is 0 Å². The Kier molecular flexibility index (Phi) is 2.63. The Morgan fingerprint density at radius 2 is 2.17 bits per heavy atom. The van der Waals surface area contributed by atoms with Gasteiger partial charge >= 0.3 is 5.97 Å². The monoisotopic (exact) mass is 166 g/mol. The molecule has 0 aliphatic carbocycles. The molecule has 1 unspecified atom stereocenters. The molecular formula is C8H10N2O2. The van der Waals surface area contributed by atoms with E-state index in [0.29, 0.717) is 0 Å². The van der Waals surface area contributed by atoms with Crippen molar-refractivity contribution < 1.29 is 9.90 Å². The number of pyridine rings is 1. The standard InChI is InChI=1S/C8H10N2O2/c1-6(8(11)12)10-7-2-4-9-5-3-7/h2-6H,1H3,(H,9,10)(H,11,12). The van der Waals surface area contributed by atoms with E-state index in [0.717, 1.165) is 5.69 Å². The summed E-state index contributed by atoms with van der Waals surface area (Å²) < 4.78 is 0. The Balaban J connectivity index is 2.58. The van der Waals surface area contributed by atoms with Crippen molar-refractivity contribution in [3.8, 4) is 0 Å². The normalized spacial score (nSPS) is 12.1. The van der Waals surface area contributed by atoms with Gasteiger partial charge in [0.1, 0.15) is 6.04 Å². The maximum absolute atomic E-state index is 10.4. The Hall–Kier alpha value is -1.58. The van der Waals surface area contributed by atoms with Crippen molar-refractivity contribution in [1.82, 2.24) is 4.98 Å². The van der Waals surface area contributed by atoms with E-state index < -0.39 is 12.0 Å². The zero-order chi connectivity index (χ0) is 8.97. The van der Waals surface area contributed by atoms with E-state index in [9.17, 15) is 4.79 Å². The van der Waals surface area contributed by atoms with Gasteiger partial charge in [-0.25, -0.2) is 0 Å². The van der Waals surface area contributed by atoms with Crippen LogP contribution in [0, 0.1) is 0 Å². The van der Waals surface area contributed by atoms with Crippen LogP contribution in [-0.2, 0) is 4.79 Å². The highest BCUT2D eigenvalue weighted by molar-refractivity contribution is 5.76. The number of carboxylic acids is 1. The van der Waals surface area contributed by atoms with Crippen LogP contribution in [0.4, 0.5) is 5.69 Å². The van der Waals surface area contributed by atoms with Crippen molar-refractivity contribution in [1.29, 1.82) is 0 Å². The predicted octanol–water partition coefficient (Wildman–Crippen LogP) is 0.967. The average Bonchev–Trinajstić information content (AvgIpc) is 2.06. The van der Waals surface area contributed by atoms with Gasteiger partial charge in [0.25, 0.3) is 0 Å². The van der Waals surface area contributed by atoms with Crippen molar-refractivity contribution >= 4 is 11.7 Å². The highest BCUT2D eigenvalue weighted by Gasteiger charge is 2.08. The van der Waals surface area contributed by atoms with E-state index in [1.165, 1.54) is 0 Å². The maximum atomic E-state index is 10.4. The third kappa shape index (κ3) is 2.23. The molecule has 2 N–H and O–H groups in total. The molecule has 12 heavy (non-hydrogen) atoms. The minimum atomic E-state index is -0.869. The van der Waals surface area contributed by atoms with Crippen molar-refractivity contribution in [2.45, 2.75) is 13.0 Å². The van der Waals surface area contributed by atoms with Crippen molar-refractivity contribution in [2.75, 3.05) is 5.32 Å². The highest BCUT2D eigenvalue weighted by Crippen LogP contribution is 2.04. The summed E-state index contributed by atoms with van der Waals surface area (Å²) in [6.07, 6.45) is 3.22. The van der Waals surface area contributed by atoms with Crippen molar-refractivity contribution in [3.63, 3.8) is 0 Å².